The fraction of sp³-hybridized carbons (Fsp3) is 0.143. The summed E-state index contributed by atoms with van der Waals surface area (Å²) >= 11 is 0. The molecule has 1 heterocycles. The molecule has 0 unspecified atom stereocenters. The molecular formula is C7H7NO3. The van der Waals surface area contributed by atoms with Crippen molar-refractivity contribution < 1.29 is 13.9 Å². The van der Waals surface area contributed by atoms with E-state index < -0.39 is 0 Å². The second kappa shape index (κ2) is 3.01. The molecular weight excluding hydrogens is 146 g/mol. The van der Waals surface area contributed by atoms with Crippen molar-refractivity contribution in [1.29, 1.82) is 5.41 Å². The molecule has 0 saturated heterocycles. The van der Waals surface area contributed by atoms with Gasteiger partial charge < -0.3 is 9.15 Å². The minimum atomic E-state index is -0.0687. The first kappa shape index (κ1) is 7.53. The predicted octanol–water partition coefficient (Wildman–Crippen LogP) is 1.06. The number of methoxy groups -OCH3 is 1. The van der Waals surface area contributed by atoms with Crippen molar-refractivity contribution in [3.05, 3.63) is 23.7 Å². The van der Waals surface area contributed by atoms with Gasteiger partial charge in [0.05, 0.1) is 18.2 Å². The van der Waals surface area contributed by atoms with Crippen molar-refractivity contribution in [3.63, 3.8) is 0 Å². The average molecular weight is 153 g/mol. The van der Waals surface area contributed by atoms with E-state index in [2.05, 4.69) is 4.74 Å². The highest BCUT2D eigenvalue weighted by molar-refractivity contribution is 5.99. The molecule has 58 valence electrons. The van der Waals surface area contributed by atoms with Crippen LogP contribution < -0.4 is 0 Å². The molecule has 0 radical (unpaired) electrons. The van der Waals surface area contributed by atoms with Crippen LogP contribution in [0.5, 0.6) is 0 Å². The number of hydrogen-bond acceptors (Lipinski definition) is 4. The Bertz CT molecular complexity index is 277. The molecule has 1 aromatic heterocycles. The van der Waals surface area contributed by atoms with Crippen LogP contribution >= 0.6 is 0 Å². The summed E-state index contributed by atoms with van der Waals surface area (Å²) < 4.78 is 9.31. The first-order valence-corrected chi connectivity index (χ1v) is 2.94. The molecule has 0 aliphatic carbocycles. The third-order valence-corrected chi connectivity index (χ3v) is 1.27. The maximum absolute atomic E-state index is 10.3. The van der Waals surface area contributed by atoms with Crippen molar-refractivity contribution in [2.45, 2.75) is 0 Å². The summed E-state index contributed by atoms with van der Waals surface area (Å²) in [6, 6.07) is 0. The summed E-state index contributed by atoms with van der Waals surface area (Å²) in [5.74, 6) is -0.0687. The van der Waals surface area contributed by atoms with Crippen LogP contribution in [0.4, 0.5) is 0 Å². The third-order valence-electron chi connectivity index (χ3n) is 1.27. The summed E-state index contributed by atoms with van der Waals surface area (Å²) in [7, 11) is 1.36. The summed E-state index contributed by atoms with van der Waals surface area (Å²) in [5, 5.41) is 7.20. The van der Waals surface area contributed by atoms with Gasteiger partial charge in [-0.2, -0.15) is 0 Å². The van der Waals surface area contributed by atoms with Gasteiger partial charge in [-0.05, 0) is 0 Å². The van der Waals surface area contributed by atoms with Gasteiger partial charge in [-0.25, -0.2) is 0 Å². The molecule has 4 heteroatoms. The standard InChI is InChI=1S/C7H7NO3/c1-10-7(8)6-4-11-3-5(6)2-9/h2-4,8H,1H3. The van der Waals surface area contributed by atoms with Crippen LogP contribution in [-0.2, 0) is 4.74 Å². The molecule has 0 fully saturated rings. The maximum Gasteiger partial charge on any atom is 0.216 e. The van der Waals surface area contributed by atoms with E-state index in [4.69, 9.17) is 9.83 Å². The Morgan fingerprint density at radius 1 is 1.73 bits per heavy atom. The van der Waals surface area contributed by atoms with E-state index in [1.54, 1.807) is 0 Å². The minimum absolute atomic E-state index is 0.0687. The monoisotopic (exact) mass is 153 g/mol. The van der Waals surface area contributed by atoms with Crippen LogP contribution in [0.25, 0.3) is 0 Å². The normalized spacial score (nSPS) is 9.18. The SMILES string of the molecule is COC(=N)c1cocc1C=O. The third kappa shape index (κ3) is 1.29. The van der Waals surface area contributed by atoms with Gasteiger partial charge in [-0.3, -0.25) is 10.2 Å². The molecule has 1 N–H and O–H groups in total. The Morgan fingerprint density at radius 3 is 3.00 bits per heavy atom. The second-order valence-electron chi connectivity index (χ2n) is 1.89. The number of rotatable bonds is 2. The number of carbonyl (C=O) groups excluding carboxylic acids is 1. The van der Waals surface area contributed by atoms with Gasteiger partial charge in [0.1, 0.15) is 12.5 Å². The predicted molar refractivity (Wildman–Crippen MR) is 37.9 cm³/mol. The van der Waals surface area contributed by atoms with E-state index >= 15 is 0 Å². The Hall–Kier alpha value is -1.58. The number of carbonyl (C=O) groups is 1. The van der Waals surface area contributed by atoms with Crippen molar-refractivity contribution in [3.8, 4) is 0 Å². The summed E-state index contributed by atoms with van der Waals surface area (Å²) in [5.41, 5.74) is 0.708. The van der Waals surface area contributed by atoms with E-state index in [-0.39, 0.29) is 5.90 Å². The fourth-order valence-corrected chi connectivity index (χ4v) is 0.693. The van der Waals surface area contributed by atoms with Crippen molar-refractivity contribution in [2.24, 2.45) is 0 Å². The van der Waals surface area contributed by atoms with Gasteiger partial charge in [-0.1, -0.05) is 0 Å². The Labute approximate surface area is 63.3 Å². The number of ether oxygens (including phenoxy) is 1. The average Bonchev–Trinajstić information content (AvgIpc) is 2.50. The summed E-state index contributed by atoms with van der Waals surface area (Å²) in [6.07, 6.45) is 3.19. The zero-order valence-corrected chi connectivity index (χ0v) is 5.96. The molecule has 0 aliphatic rings. The number of aldehydes is 1. The lowest BCUT2D eigenvalue weighted by Crippen LogP contribution is -2.02. The van der Waals surface area contributed by atoms with Gasteiger partial charge in [0.2, 0.25) is 5.90 Å². The van der Waals surface area contributed by atoms with Crippen LogP contribution in [0.2, 0.25) is 0 Å². The molecule has 0 aliphatic heterocycles. The van der Waals surface area contributed by atoms with Crippen molar-refractivity contribution >= 4 is 12.2 Å². The zero-order valence-electron chi connectivity index (χ0n) is 5.96. The lowest BCUT2D eigenvalue weighted by Gasteiger charge is -1.96. The van der Waals surface area contributed by atoms with Gasteiger partial charge in [0.25, 0.3) is 0 Å². The Balaban J connectivity index is 3.01. The molecule has 11 heavy (non-hydrogen) atoms. The van der Waals surface area contributed by atoms with Crippen LogP contribution in [0.3, 0.4) is 0 Å². The van der Waals surface area contributed by atoms with E-state index in [0.717, 1.165) is 0 Å². The molecule has 0 atom stereocenters. The highest BCUT2D eigenvalue weighted by Gasteiger charge is 2.09. The number of nitrogens with one attached hydrogen (secondary N) is 1. The van der Waals surface area contributed by atoms with Crippen LogP contribution in [0.1, 0.15) is 15.9 Å². The van der Waals surface area contributed by atoms with E-state index in [1.165, 1.54) is 19.6 Å². The molecule has 0 amide bonds. The number of furan rings is 1. The minimum Gasteiger partial charge on any atom is -0.481 e. The second-order valence-corrected chi connectivity index (χ2v) is 1.89. The Morgan fingerprint density at radius 2 is 2.45 bits per heavy atom. The quantitative estimate of drug-likeness (QED) is 0.392. The van der Waals surface area contributed by atoms with Crippen LogP contribution in [0, 0.1) is 5.41 Å². The molecule has 1 rings (SSSR count). The van der Waals surface area contributed by atoms with Gasteiger partial charge >= 0.3 is 0 Å². The fourth-order valence-electron chi connectivity index (χ4n) is 0.693. The van der Waals surface area contributed by atoms with Crippen LogP contribution in [-0.4, -0.2) is 19.3 Å². The first-order chi connectivity index (χ1) is 5.29. The molecule has 0 aromatic carbocycles. The molecule has 0 saturated carbocycles. The van der Waals surface area contributed by atoms with Gasteiger partial charge in [0.15, 0.2) is 6.29 Å². The summed E-state index contributed by atoms with van der Waals surface area (Å²) in [6.45, 7) is 0. The lowest BCUT2D eigenvalue weighted by molar-refractivity contribution is 0.112. The van der Waals surface area contributed by atoms with Gasteiger partial charge in [-0.15, -0.1) is 0 Å². The lowest BCUT2D eigenvalue weighted by atomic mass is 10.2. The zero-order chi connectivity index (χ0) is 8.27. The van der Waals surface area contributed by atoms with Gasteiger partial charge in [0, 0.05) is 0 Å². The van der Waals surface area contributed by atoms with Crippen molar-refractivity contribution in [1.82, 2.24) is 0 Å². The highest BCUT2D eigenvalue weighted by Crippen LogP contribution is 2.08. The van der Waals surface area contributed by atoms with Crippen molar-refractivity contribution in [2.75, 3.05) is 7.11 Å². The topological polar surface area (TPSA) is 63.3 Å². The number of hydrogen-bond donors (Lipinski definition) is 1. The molecule has 4 nitrogen and oxygen atoms in total. The largest absolute Gasteiger partial charge is 0.481 e. The summed E-state index contributed by atoms with van der Waals surface area (Å²) in [4.78, 5) is 10.3. The first-order valence-electron chi connectivity index (χ1n) is 2.94. The molecule has 0 bridgehead atoms. The molecule has 0 spiro atoms. The Kier molecular flexibility index (Phi) is 2.06. The van der Waals surface area contributed by atoms with E-state index in [9.17, 15) is 4.79 Å². The molecule has 1 aromatic rings. The smallest absolute Gasteiger partial charge is 0.216 e. The van der Waals surface area contributed by atoms with E-state index in [1.807, 2.05) is 0 Å². The van der Waals surface area contributed by atoms with Crippen LogP contribution in [0.15, 0.2) is 16.9 Å². The van der Waals surface area contributed by atoms with E-state index in [0.29, 0.717) is 17.4 Å². The maximum atomic E-state index is 10.3. The highest BCUT2D eigenvalue weighted by atomic mass is 16.5.